The first-order chi connectivity index (χ1) is 11.1. The van der Waals surface area contributed by atoms with Gasteiger partial charge in [-0.15, -0.1) is 0 Å². The molecule has 0 saturated carbocycles. The van der Waals surface area contributed by atoms with E-state index in [0.717, 1.165) is 26.1 Å². The predicted molar refractivity (Wildman–Crippen MR) is 86.3 cm³/mol. The zero-order valence-corrected chi connectivity index (χ0v) is 13.5. The molecule has 6 heteroatoms. The zero-order valence-electron chi connectivity index (χ0n) is 13.5. The van der Waals surface area contributed by atoms with Crippen molar-refractivity contribution in [3.63, 3.8) is 0 Å². The third-order valence-electron chi connectivity index (χ3n) is 3.93. The molecule has 0 aliphatic carbocycles. The third kappa shape index (κ3) is 5.25. The van der Waals surface area contributed by atoms with Gasteiger partial charge in [-0.05, 0) is 44.2 Å². The number of benzene rings is 1. The lowest BCUT2D eigenvalue weighted by atomic mass is 10.1. The molecule has 6 nitrogen and oxygen atoms in total. The van der Waals surface area contributed by atoms with Crippen LogP contribution in [0.4, 0.5) is 0 Å². The fourth-order valence-electron chi connectivity index (χ4n) is 2.64. The van der Waals surface area contributed by atoms with Gasteiger partial charge in [-0.1, -0.05) is 0 Å². The zero-order chi connectivity index (χ0) is 16.7. The topological polar surface area (TPSA) is 70.1 Å². The van der Waals surface area contributed by atoms with Crippen LogP contribution >= 0.6 is 0 Å². The lowest BCUT2D eigenvalue weighted by molar-refractivity contribution is -0.143. The smallest absolute Gasteiger partial charge is 0.305 e. The summed E-state index contributed by atoms with van der Waals surface area (Å²) in [6.45, 7) is 6.07. The average molecular weight is 320 g/mol. The summed E-state index contributed by atoms with van der Waals surface area (Å²) >= 11 is 0. The molecule has 1 fully saturated rings. The van der Waals surface area contributed by atoms with E-state index in [2.05, 4.69) is 4.90 Å². The maximum Gasteiger partial charge on any atom is 0.305 e. The van der Waals surface area contributed by atoms with Crippen LogP contribution in [-0.2, 0) is 9.53 Å². The second-order valence-electron chi connectivity index (χ2n) is 5.59. The van der Waals surface area contributed by atoms with Gasteiger partial charge in [0.2, 0.25) is 0 Å². The number of esters is 1. The van der Waals surface area contributed by atoms with Crippen LogP contribution in [0.15, 0.2) is 24.3 Å². The molecule has 0 bridgehead atoms. The fraction of sp³-hybridized carbons (Fsp3) is 0.529. The second-order valence-corrected chi connectivity index (χ2v) is 5.59. The summed E-state index contributed by atoms with van der Waals surface area (Å²) in [6, 6.07) is 6.34. The van der Waals surface area contributed by atoms with Crippen LogP contribution in [0.25, 0.3) is 0 Å². The standard InChI is InChI=1S/C17H24N2O4/c1-2-23-16(21)4-3-9-18-10-12-19(13-11-18)17(22)14-5-7-15(20)8-6-14/h5-8,20H,2-4,9-13H2,1H3. The van der Waals surface area contributed by atoms with E-state index in [1.54, 1.807) is 12.1 Å². The Morgan fingerprint density at radius 2 is 1.78 bits per heavy atom. The van der Waals surface area contributed by atoms with E-state index in [1.165, 1.54) is 12.1 Å². The Kier molecular flexibility index (Phi) is 6.40. The minimum Gasteiger partial charge on any atom is -0.508 e. The van der Waals surface area contributed by atoms with Crippen molar-refractivity contribution in [2.75, 3.05) is 39.3 Å². The molecule has 1 aliphatic heterocycles. The van der Waals surface area contributed by atoms with Crippen molar-refractivity contribution in [2.24, 2.45) is 0 Å². The lowest BCUT2D eigenvalue weighted by Gasteiger charge is -2.34. The molecule has 1 amide bonds. The first-order valence-electron chi connectivity index (χ1n) is 8.06. The third-order valence-corrected chi connectivity index (χ3v) is 3.93. The van der Waals surface area contributed by atoms with Crippen LogP contribution in [0, 0.1) is 0 Å². The van der Waals surface area contributed by atoms with Gasteiger partial charge >= 0.3 is 5.97 Å². The molecule has 126 valence electrons. The molecule has 0 atom stereocenters. The number of phenols is 1. The quantitative estimate of drug-likeness (QED) is 0.804. The highest BCUT2D eigenvalue weighted by Gasteiger charge is 2.21. The number of hydrogen-bond donors (Lipinski definition) is 1. The number of rotatable bonds is 6. The minimum atomic E-state index is -0.145. The molecule has 0 aromatic heterocycles. The van der Waals surface area contributed by atoms with E-state index >= 15 is 0 Å². The first kappa shape index (κ1) is 17.3. The van der Waals surface area contributed by atoms with Gasteiger partial charge in [0.25, 0.3) is 5.91 Å². The summed E-state index contributed by atoms with van der Waals surface area (Å²) in [4.78, 5) is 27.7. The van der Waals surface area contributed by atoms with E-state index in [0.29, 0.717) is 31.7 Å². The van der Waals surface area contributed by atoms with Crippen molar-refractivity contribution in [2.45, 2.75) is 19.8 Å². The summed E-state index contributed by atoms with van der Waals surface area (Å²) in [5.41, 5.74) is 0.596. The highest BCUT2D eigenvalue weighted by atomic mass is 16.5. The number of nitrogens with zero attached hydrogens (tertiary/aromatic N) is 2. The molecule has 1 aromatic rings. The van der Waals surface area contributed by atoms with Crippen LogP contribution < -0.4 is 0 Å². The van der Waals surface area contributed by atoms with Crippen LogP contribution in [0.1, 0.15) is 30.1 Å². The SMILES string of the molecule is CCOC(=O)CCCN1CCN(C(=O)c2ccc(O)cc2)CC1. The monoisotopic (exact) mass is 320 g/mol. The summed E-state index contributed by atoms with van der Waals surface area (Å²) in [5, 5.41) is 9.27. The van der Waals surface area contributed by atoms with Crippen LogP contribution in [-0.4, -0.2) is 66.1 Å². The molecule has 1 saturated heterocycles. The maximum atomic E-state index is 12.4. The molecular weight excluding hydrogens is 296 g/mol. The minimum absolute atomic E-state index is 0.00354. The largest absolute Gasteiger partial charge is 0.508 e. The van der Waals surface area contributed by atoms with E-state index < -0.39 is 0 Å². The number of carbonyl (C=O) groups is 2. The summed E-state index contributed by atoms with van der Waals surface area (Å²) in [7, 11) is 0. The highest BCUT2D eigenvalue weighted by molar-refractivity contribution is 5.94. The fourth-order valence-corrected chi connectivity index (χ4v) is 2.64. The van der Waals surface area contributed by atoms with Gasteiger partial charge in [-0.3, -0.25) is 14.5 Å². The van der Waals surface area contributed by atoms with Crippen LogP contribution in [0.3, 0.4) is 0 Å². The van der Waals surface area contributed by atoms with Crippen molar-refractivity contribution < 1.29 is 19.4 Å². The van der Waals surface area contributed by atoms with Gasteiger partial charge in [0.15, 0.2) is 0 Å². The number of hydrogen-bond acceptors (Lipinski definition) is 5. The van der Waals surface area contributed by atoms with Gasteiger partial charge in [0.1, 0.15) is 5.75 Å². The molecule has 0 unspecified atom stereocenters. The van der Waals surface area contributed by atoms with Gasteiger partial charge in [-0.2, -0.15) is 0 Å². The summed E-state index contributed by atoms with van der Waals surface area (Å²) < 4.78 is 4.91. The van der Waals surface area contributed by atoms with Crippen molar-refractivity contribution >= 4 is 11.9 Å². The van der Waals surface area contributed by atoms with E-state index in [1.807, 2.05) is 11.8 Å². The van der Waals surface area contributed by atoms with Gasteiger partial charge in [0.05, 0.1) is 6.61 Å². The Labute approximate surface area is 136 Å². The van der Waals surface area contributed by atoms with Gasteiger partial charge in [-0.25, -0.2) is 0 Å². The van der Waals surface area contributed by atoms with E-state index in [4.69, 9.17) is 4.74 Å². The molecular formula is C17H24N2O4. The molecule has 1 heterocycles. The first-order valence-corrected chi connectivity index (χ1v) is 8.06. The molecule has 0 spiro atoms. The molecule has 1 aliphatic rings. The Hall–Kier alpha value is -2.08. The summed E-state index contributed by atoms with van der Waals surface area (Å²) in [5.74, 6) is 0.0118. The molecule has 2 rings (SSSR count). The Morgan fingerprint density at radius 1 is 1.13 bits per heavy atom. The average Bonchev–Trinajstić information content (AvgIpc) is 2.56. The molecule has 23 heavy (non-hydrogen) atoms. The van der Waals surface area contributed by atoms with Crippen molar-refractivity contribution in [1.29, 1.82) is 0 Å². The number of aromatic hydroxyl groups is 1. The van der Waals surface area contributed by atoms with E-state index in [-0.39, 0.29) is 17.6 Å². The second kappa shape index (κ2) is 8.53. The number of phenolic OH excluding ortho intramolecular Hbond substituents is 1. The predicted octanol–water partition coefficient (Wildman–Crippen LogP) is 1.49. The van der Waals surface area contributed by atoms with Crippen molar-refractivity contribution in [3.05, 3.63) is 29.8 Å². The Balaban J connectivity index is 1.72. The number of ether oxygens (including phenoxy) is 1. The summed E-state index contributed by atoms with van der Waals surface area (Å²) in [6.07, 6.45) is 1.23. The number of amides is 1. The highest BCUT2D eigenvalue weighted by Crippen LogP contribution is 2.13. The van der Waals surface area contributed by atoms with E-state index in [9.17, 15) is 14.7 Å². The van der Waals surface area contributed by atoms with Gasteiger partial charge < -0.3 is 14.7 Å². The maximum absolute atomic E-state index is 12.4. The molecule has 0 radical (unpaired) electrons. The number of carbonyl (C=O) groups excluding carboxylic acids is 2. The van der Waals surface area contributed by atoms with Crippen molar-refractivity contribution in [1.82, 2.24) is 9.80 Å². The van der Waals surface area contributed by atoms with Crippen LogP contribution in [0.2, 0.25) is 0 Å². The lowest BCUT2D eigenvalue weighted by Crippen LogP contribution is -2.48. The molecule has 1 N–H and O–H groups in total. The number of piperazine rings is 1. The Morgan fingerprint density at radius 3 is 2.39 bits per heavy atom. The van der Waals surface area contributed by atoms with Crippen molar-refractivity contribution in [3.8, 4) is 5.75 Å². The van der Waals surface area contributed by atoms with Gasteiger partial charge in [0, 0.05) is 38.2 Å². The Bertz CT molecular complexity index is 522. The molecule has 1 aromatic carbocycles. The van der Waals surface area contributed by atoms with Crippen LogP contribution in [0.5, 0.6) is 5.75 Å². The normalized spacial score (nSPS) is 15.4.